The first kappa shape index (κ1) is 16.5. The molecule has 0 fully saturated rings. The lowest BCUT2D eigenvalue weighted by molar-refractivity contribution is 0.0468. The number of fused-ring (bicyclic) bond motifs is 1. The standard InChI is InChI=1S/C15H13N3O4S2/c1-9-12(18-11-5-3-2-4-10(11)17-9)8-22-15(19)14-13(6-7-23-14)24(16,20)21/h2-7H,8H2,1H3,(H2,16,20,21). The molecule has 9 heteroatoms. The van der Waals surface area contributed by atoms with Crippen molar-refractivity contribution < 1.29 is 17.9 Å². The largest absolute Gasteiger partial charge is 0.455 e. The lowest BCUT2D eigenvalue weighted by Gasteiger charge is -2.08. The highest BCUT2D eigenvalue weighted by Gasteiger charge is 2.22. The molecule has 1 aromatic carbocycles. The molecule has 124 valence electrons. The average Bonchev–Trinajstić information content (AvgIpc) is 3.02. The van der Waals surface area contributed by atoms with E-state index in [4.69, 9.17) is 9.88 Å². The van der Waals surface area contributed by atoms with Gasteiger partial charge in [-0.25, -0.2) is 28.3 Å². The van der Waals surface area contributed by atoms with Gasteiger partial charge in [0.05, 0.1) is 22.4 Å². The lowest BCUT2D eigenvalue weighted by Crippen LogP contribution is -2.16. The molecular weight excluding hydrogens is 350 g/mol. The van der Waals surface area contributed by atoms with Crippen molar-refractivity contribution in [1.29, 1.82) is 0 Å². The minimum atomic E-state index is -3.97. The van der Waals surface area contributed by atoms with Gasteiger partial charge in [0.15, 0.2) is 0 Å². The van der Waals surface area contributed by atoms with Gasteiger partial charge >= 0.3 is 5.97 Å². The Bertz CT molecular complexity index is 1030. The van der Waals surface area contributed by atoms with Crippen LogP contribution in [0.25, 0.3) is 11.0 Å². The summed E-state index contributed by atoms with van der Waals surface area (Å²) in [6.07, 6.45) is 0. The van der Waals surface area contributed by atoms with Gasteiger partial charge in [0, 0.05) is 0 Å². The molecule has 3 aromatic rings. The van der Waals surface area contributed by atoms with Crippen molar-refractivity contribution in [3.8, 4) is 0 Å². The van der Waals surface area contributed by atoms with E-state index in [1.165, 1.54) is 11.4 Å². The summed E-state index contributed by atoms with van der Waals surface area (Å²) in [6.45, 7) is 1.66. The SMILES string of the molecule is Cc1nc2ccccc2nc1COC(=O)c1sccc1S(N)(=O)=O. The monoisotopic (exact) mass is 363 g/mol. The minimum absolute atomic E-state index is 0.0519. The molecule has 0 amide bonds. The van der Waals surface area contributed by atoms with Crippen molar-refractivity contribution >= 4 is 38.4 Å². The predicted octanol–water partition coefficient (Wildman–Crippen LogP) is 2.00. The van der Waals surface area contributed by atoms with Gasteiger partial charge in [0.25, 0.3) is 0 Å². The molecule has 7 nitrogen and oxygen atoms in total. The van der Waals surface area contributed by atoms with E-state index in [1.807, 2.05) is 24.3 Å². The van der Waals surface area contributed by atoms with Gasteiger partial charge in [-0.1, -0.05) is 12.1 Å². The molecule has 0 saturated carbocycles. The van der Waals surface area contributed by atoms with Crippen LogP contribution in [0.1, 0.15) is 21.1 Å². The zero-order valence-electron chi connectivity index (χ0n) is 12.6. The Kier molecular flexibility index (Phi) is 4.31. The number of hydrogen-bond donors (Lipinski definition) is 1. The second kappa shape index (κ2) is 6.27. The third kappa shape index (κ3) is 3.28. The summed E-state index contributed by atoms with van der Waals surface area (Å²) < 4.78 is 28.1. The number of rotatable bonds is 4. The summed E-state index contributed by atoms with van der Waals surface area (Å²) in [5.74, 6) is -0.761. The average molecular weight is 363 g/mol. The van der Waals surface area contributed by atoms with Crippen molar-refractivity contribution in [2.75, 3.05) is 0 Å². The summed E-state index contributed by atoms with van der Waals surface area (Å²) in [5, 5.41) is 6.55. The number of carbonyl (C=O) groups is 1. The molecule has 0 atom stereocenters. The topological polar surface area (TPSA) is 112 Å². The minimum Gasteiger partial charge on any atom is -0.455 e. The van der Waals surface area contributed by atoms with Crippen LogP contribution in [0.15, 0.2) is 40.6 Å². The molecule has 0 aliphatic rings. The maximum absolute atomic E-state index is 12.1. The molecule has 0 aliphatic heterocycles. The molecule has 2 heterocycles. The van der Waals surface area contributed by atoms with Crippen LogP contribution in [0.2, 0.25) is 0 Å². The first-order chi connectivity index (χ1) is 11.4. The summed E-state index contributed by atoms with van der Waals surface area (Å²) in [5.41, 5.74) is 2.59. The molecule has 2 aromatic heterocycles. The fourth-order valence-electron chi connectivity index (χ4n) is 2.13. The van der Waals surface area contributed by atoms with Gasteiger partial charge < -0.3 is 4.74 Å². The van der Waals surface area contributed by atoms with Gasteiger partial charge in [0.1, 0.15) is 16.4 Å². The van der Waals surface area contributed by atoms with Crippen molar-refractivity contribution in [3.05, 3.63) is 52.0 Å². The van der Waals surface area contributed by atoms with Crippen LogP contribution in [0.5, 0.6) is 0 Å². The van der Waals surface area contributed by atoms with Crippen LogP contribution < -0.4 is 5.14 Å². The highest BCUT2D eigenvalue weighted by Crippen LogP contribution is 2.22. The smallest absolute Gasteiger partial charge is 0.350 e. The number of thiophene rings is 1. The number of benzene rings is 1. The van der Waals surface area contributed by atoms with Crippen molar-refractivity contribution in [1.82, 2.24) is 9.97 Å². The molecule has 24 heavy (non-hydrogen) atoms. The Hall–Kier alpha value is -2.36. The molecule has 0 bridgehead atoms. The van der Waals surface area contributed by atoms with Gasteiger partial charge in [-0.15, -0.1) is 11.3 Å². The quantitative estimate of drug-likeness (QED) is 0.710. The van der Waals surface area contributed by atoms with Crippen LogP contribution in [0.3, 0.4) is 0 Å². The molecular formula is C15H13N3O4S2. The first-order valence-electron chi connectivity index (χ1n) is 6.86. The lowest BCUT2D eigenvalue weighted by atomic mass is 10.2. The van der Waals surface area contributed by atoms with Crippen molar-refractivity contribution in [3.63, 3.8) is 0 Å². The van der Waals surface area contributed by atoms with Gasteiger partial charge in [0.2, 0.25) is 10.0 Å². The predicted molar refractivity (Wildman–Crippen MR) is 89.1 cm³/mol. The highest BCUT2D eigenvalue weighted by molar-refractivity contribution is 7.89. The van der Waals surface area contributed by atoms with Gasteiger partial charge in [-0.3, -0.25) is 0 Å². The first-order valence-corrected chi connectivity index (χ1v) is 9.28. The van der Waals surface area contributed by atoms with E-state index in [0.717, 1.165) is 16.9 Å². The van der Waals surface area contributed by atoms with Crippen LogP contribution in [0, 0.1) is 6.92 Å². The van der Waals surface area contributed by atoms with E-state index < -0.39 is 16.0 Å². The zero-order chi connectivity index (χ0) is 17.3. The summed E-state index contributed by atoms with van der Waals surface area (Å²) >= 11 is 0.957. The molecule has 0 saturated heterocycles. The molecule has 0 unspecified atom stereocenters. The molecule has 2 N–H and O–H groups in total. The number of aromatic nitrogens is 2. The number of aryl methyl sites for hydroxylation is 1. The van der Waals surface area contributed by atoms with E-state index in [-0.39, 0.29) is 16.4 Å². The van der Waals surface area contributed by atoms with Gasteiger partial charge in [-0.2, -0.15) is 0 Å². The summed E-state index contributed by atoms with van der Waals surface area (Å²) in [4.78, 5) is 20.7. The highest BCUT2D eigenvalue weighted by atomic mass is 32.2. The number of nitrogens with two attached hydrogens (primary N) is 1. The number of esters is 1. The second-order valence-electron chi connectivity index (χ2n) is 4.98. The Balaban J connectivity index is 1.83. The molecule has 0 aliphatic carbocycles. The van der Waals surface area contributed by atoms with Crippen LogP contribution >= 0.6 is 11.3 Å². The maximum Gasteiger partial charge on any atom is 0.350 e. The second-order valence-corrected chi connectivity index (χ2v) is 7.43. The van der Waals surface area contributed by atoms with Crippen LogP contribution in [0.4, 0.5) is 0 Å². The molecule has 0 radical (unpaired) electrons. The number of sulfonamides is 1. The number of hydrogen-bond acceptors (Lipinski definition) is 7. The van der Waals surface area contributed by atoms with Crippen molar-refractivity contribution in [2.45, 2.75) is 18.4 Å². The van der Waals surface area contributed by atoms with Crippen LogP contribution in [-0.4, -0.2) is 24.4 Å². The molecule has 0 spiro atoms. The fraction of sp³-hybridized carbons (Fsp3) is 0.133. The number of nitrogens with zero attached hydrogens (tertiary/aromatic N) is 2. The van der Waals surface area contributed by atoms with Crippen LogP contribution in [-0.2, 0) is 21.4 Å². The number of para-hydroxylation sites is 2. The maximum atomic E-state index is 12.1. The Morgan fingerprint density at radius 2 is 1.88 bits per heavy atom. The Labute approximate surface area is 142 Å². The number of carbonyl (C=O) groups excluding carboxylic acids is 1. The van der Waals surface area contributed by atoms with E-state index in [9.17, 15) is 13.2 Å². The summed E-state index contributed by atoms with van der Waals surface area (Å²) in [6, 6.07) is 8.63. The Morgan fingerprint density at radius 1 is 1.21 bits per heavy atom. The Morgan fingerprint density at radius 3 is 2.54 bits per heavy atom. The number of ether oxygens (including phenoxy) is 1. The van der Waals surface area contributed by atoms with E-state index in [2.05, 4.69) is 9.97 Å². The number of primary sulfonamides is 1. The summed E-state index contributed by atoms with van der Waals surface area (Å²) in [7, 11) is -3.97. The normalized spacial score (nSPS) is 11.6. The third-order valence-corrected chi connectivity index (χ3v) is 5.28. The van der Waals surface area contributed by atoms with Gasteiger partial charge in [-0.05, 0) is 30.5 Å². The third-order valence-electron chi connectivity index (χ3n) is 3.30. The van der Waals surface area contributed by atoms with E-state index >= 15 is 0 Å². The van der Waals surface area contributed by atoms with Crippen molar-refractivity contribution in [2.24, 2.45) is 5.14 Å². The van der Waals surface area contributed by atoms with E-state index in [0.29, 0.717) is 16.9 Å². The molecule has 3 rings (SSSR count). The van der Waals surface area contributed by atoms with E-state index in [1.54, 1.807) is 6.92 Å². The fourth-order valence-corrected chi connectivity index (χ4v) is 3.99. The zero-order valence-corrected chi connectivity index (χ0v) is 14.2.